The van der Waals surface area contributed by atoms with Crippen LogP contribution in [0.1, 0.15) is 50.2 Å². The van der Waals surface area contributed by atoms with E-state index in [-0.39, 0.29) is 6.03 Å². The molecule has 1 unspecified atom stereocenters. The number of benzene rings is 1. The first kappa shape index (κ1) is 18.3. The Morgan fingerprint density at radius 1 is 1.29 bits per heavy atom. The number of urea groups is 1. The summed E-state index contributed by atoms with van der Waals surface area (Å²) in [5, 5.41) is 12.0. The van der Waals surface area contributed by atoms with Gasteiger partial charge < -0.3 is 15.3 Å². The Morgan fingerprint density at radius 3 is 2.62 bits per heavy atom. The Balaban J connectivity index is 1.70. The molecule has 1 atom stereocenters. The number of aryl methyl sites for hydroxylation is 1. The number of carbonyl (C=O) groups excluding carboxylic acids is 1. The molecule has 1 aromatic rings. The number of piperidine rings is 1. The lowest BCUT2D eigenvalue weighted by molar-refractivity contribution is -0.143. The molecule has 1 fully saturated rings. The summed E-state index contributed by atoms with van der Waals surface area (Å²) in [7, 11) is 0. The van der Waals surface area contributed by atoms with Crippen LogP contribution in [0, 0.1) is 5.92 Å². The van der Waals surface area contributed by atoms with Crippen LogP contribution >= 0.6 is 0 Å². The Kier molecular flexibility index (Phi) is 6.64. The Morgan fingerprint density at radius 2 is 2.00 bits per heavy atom. The van der Waals surface area contributed by atoms with Crippen LogP contribution in [0.5, 0.6) is 0 Å². The molecule has 1 saturated heterocycles. The molecular formula is C19H28N2O3. The number of carboxylic acid groups (broad SMARTS) is 1. The molecule has 0 saturated carbocycles. The number of hydrogen-bond acceptors (Lipinski definition) is 2. The van der Waals surface area contributed by atoms with Gasteiger partial charge >= 0.3 is 12.0 Å². The van der Waals surface area contributed by atoms with Crippen molar-refractivity contribution in [3.63, 3.8) is 0 Å². The van der Waals surface area contributed by atoms with Crippen molar-refractivity contribution in [2.45, 2.75) is 45.4 Å². The van der Waals surface area contributed by atoms with Gasteiger partial charge in [0.2, 0.25) is 0 Å². The molecule has 0 aromatic heterocycles. The zero-order chi connectivity index (χ0) is 17.5. The highest BCUT2D eigenvalue weighted by Gasteiger charge is 2.27. The first-order valence-electron chi connectivity index (χ1n) is 8.81. The quantitative estimate of drug-likeness (QED) is 0.786. The SMILES string of the molecule is CC(C)c1ccc(CCCNC(=O)N2CCCC(C(=O)O)C2)cc1. The Labute approximate surface area is 144 Å². The van der Waals surface area contributed by atoms with Gasteiger partial charge in [0.05, 0.1) is 5.92 Å². The third-order valence-electron chi connectivity index (χ3n) is 4.62. The van der Waals surface area contributed by atoms with Gasteiger partial charge in [0.25, 0.3) is 0 Å². The minimum Gasteiger partial charge on any atom is -0.481 e. The van der Waals surface area contributed by atoms with Crippen molar-refractivity contribution >= 4 is 12.0 Å². The molecule has 1 heterocycles. The average molecular weight is 332 g/mol. The second-order valence-electron chi connectivity index (χ2n) is 6.86. The lowest BCUT2D eigenvalue weighted by atomic mass is 9.99. The maximum absolute atomic E-state index is 12.1. The third kappa shape index (κ3) is 5.25. The van der Waals surface area contributed by atoms with Crippen molar-refractivity contribution < 1.29 is 14.7 Å². The van der Waals surface area contributed by atoms with Gasteiger partial charge in [0.1, 0.15) is 0 Å². The van der Waals surface area contributed by atoms with Gasteiger partial charge in [-0.05, 0) is 42.7 Å². The smallest absolute Gasteiger partial charge is 0.317 e. The van der Waals surface area contributed by atoms with Crippen LogP contribution in [-0.2, 0) is 11.2 Å². The van der Waals surface area contributed by atoms with Crippen LogP contribution in [0.25, 0.3) is 0 Å². The number of hydrogen-bond donors (Lipinski definition) is 2. The van der Waals surface area contributed by atoms with Crippen LogP contribution < -0.4 is 5.32 Å². The van der Waals surface area contributed by atoms with Gasteiger partial charge in [-0.25, -0.2) is 4.79 Å². The standard InChI is InChI=1S/C19H28N2O3/c1-14(2)16-9-7-15(8-10-16)5-3-11-20-19(24)21-12-4-6-17(13-21)18(22)23/h7-10,14,17H,3-6,11-13H2,1-2H3,(H,20,24)(H,22,23). The second kappa shape index (κ2) is 8.71. The molecule has 2 N–H and O–H groups in total. The molecule has 2 rings (SSSR count). The molecule has 0 bridgehead atoms. The van der Waals surface area contributed by atoms with Crippen molar-refractivity contribution in [2.75, 3.05) is 19.6 Å². The predicted molar refractivity (Wildman–Crippen MR) is 94.2 cm³/mol. The fraction of sp³-hybridized carbons (Fsp3) is 0.579. The molecule has 1 aliphatic rings. The summed E-state index contributed by atoms with van der Waals surface area (Å²) in [6.45, 7) is 5.93. The van der Waals surface area contributed by atoms with Gasteiger partial charge in [-0.2, -0.15) is 0 Å². The van der Waals surface area contributed by atoms with E-state index in [0.717, 1.165) is 19.3 Å². The average Bonchev–Trinajstić information content (AvgIpc) is 2.59. The van der Waals surface area contributed by atoms with E-state index in [1.807, 2.05) is 0 Å². The number of likely N-dealkylation sites (tertiary alicyclic amines) is 1. The van der Waals surface area contributed by atoms with Crippen LogP contribution in [0.15, 0.2) is 24.3 Å². The van der Waals surface area contributed by atoms with Crippen molar-refractivity contribution in [1.29, 1.82) is 0 Å². The monoisotopic (exact) mass is 332 g/mol. The van der Waals surface area contributed by atoms with Gasteiger partial charge in [0, 0.05) is 19.6 Å². The Bertz CT molecular complexity index is 554. The minimum absolute atomic E-state index is 0.142. The van der Waals surface area contributed by atoms with Crippen LogP contribution in [-0.4, -0.2) is 41.6 Å². The number of rotatable bonds is 6. The van der Waals surface area contributed by atoms with E-state index in [9.17, 15) is 9.59 Å². The van der Waals surface area contributed by atoms with Crippen LogP contribution in [0.3, 0.4) is 0 Å². The lowest BCUT2D eigenvalue weighted by Crippen LogP contribution is -2.47. The van der Waals surface area contributed by atoms with Crippen LogP contribution in [0.4, 0.5) is 4.79 Å². The van der Waals surface area contributed by atoms with Gasteiger partial charge in [0.15, 0.2) is 0 Å². The van der Waals surface area contributed by atoms with Crippen molar-refractivity contribution in [1.82, 2.24) is 10.2 Å². The number of nitrogens with zero attached hydrogens (tertiary/aromatic N) is 1. The summed E-state index contributed by atoms with van der Waals surface area (Å²) in [5.74, 6) is -0.696. The maximum atomic E-state index is 12.1. The lowest BCUT2D eigenvalue weighted by Gasteiger charge is -2.30. The van der Waals surface area contributed by atoms with E-state index < -0.39 is 11.9 Å². The van der Waals surface area contributed by atoms with E-state index >= 15 is 0 Å². The molecule has 24 heavy (non-hydrogen) atoms. The van der Waals surface area contributed by atoms with Gasteiger partial charge in [-0.3, -0.25) is 4.79 Å². The highest BCUT2D eigenvalue weighted by Crippen LogP contribution is 2.17. The molecule has 1 aliphatic heterocycles. The predicted octanol–water partition coefficient (Wildman–Crippen LogP) is 3.25. The molecule has 132 valence electrons. The molecule has 2 amide bonds. The van der Waals surface area contributed by atoms with E-state index in [1.165, 1.54) is 11.1 Å². The highest BCUT2D eigenvalue weighted by atomic mass is 16.4. The van der Waals surface area contributed by atoms with Crippen molar-refractivity contribution in [3.8, 4) is 0 Å². The van der Waals surface area contributed by atoms with E-state index in [0.29, 0.717) is 32.0 Å². The third-order valence-corrected chi connectivity index (χ3v) is 4.62. The number of carboxylic acids is 1. The first-order chi connectivity index (χ1) is 11.5. The summed E-state index contributed by atoms with van der Waals surface area (Å²) >= 11 is 0. The largest absolute Gasteiger partial charge is 0.481 e. The molecule has 0 aliphatic carbocycles. The number of carbonyl (C=O) groups is 2. The van der Waals surface area contributed by atoms with E-state index in [1.54, 1.807) is 4.90 Å². The van der Waals surface area contributed by atoms with E-state index in [2.05, 4.69) is 43.4 Å². The van der Waals surface area contributed by atoms with Crippen molar-refractivity contribution in [2.24, 2.45) is 5.92 Å². The summed E-state index contributed by atoms with van der Waals surface area (Å²) in [6, 6.07) is 8.49. The number of amides is 2. The fourth-order valence-corrected chi connectivity index (χ4v) is 3.03. The van der Waals surface area contributed by atoms with Crippen LogP contribution in [0.2, 0.25) is 0 Å². The van der Waals surface area contributed by atoms with Crippen molar-refractivity contribution in [3.05, 3.63) is 35.4 Å². The zero-order valence-electron chi connectivity index (χ0n) is 14.6. The minimum atomic E-state index is -0.808. The van der Waals surface area contributed by atoms with E-state index in [4.69, 9.17) is 5.11 Å². The zero-order valence-corrected chi connectivity index (χ0v) is 14.6. The highest BCUT2D eigenvalue weighted by molar-refractivity contribution is 5.76. The molecule has 1 aromatic carbocycles. The molecule has 5 heteroatoms. The fourth-order valence-electron chi connectivity index (χ4n) is 3.03. The van der Waals surface area contributed by atoms with Gasteiger partial charge in [-0.1, -0.05) is 38.1 Å². The van der Waals surface area contributed by atoms with Gasteiger partial charge in [-0.15, -0.1) is 0 Å². The summed E-state index contributed by atoms with van der Waals surface area (Å²) < 4.78 is 0. The molecular weight excluding hydrogens is 304 g/mol. The summed E-state index contributed by atoms with van der Waals surface area (Å²) in [5.41, 5.74) is 2.61. The first-order valence-corrected chi connectivity index (χ1v) is 8.81. The number of aliphatic carboxylic acids is 1. The summed E-state index contributed by atoms with van der Waals surface area (Å²) in [6.07, 6.45) is 3.22. The molecule has 0 radical (unpaired) electrons. The second-order valence-corrected chi connectivity index (χ2v) is 6.86. The maximum Gasteiger partial charge on any atom is 0.317 e. The molecule has 5 nitrogen and oxygen atoms in total. The number of nitrogens with one attached hydrogen (secondary N) is 1. The normalized spacial score (nSPS) is 17.8. The summed E-state index contributed by atoms with van der Waals surface area (Å²) in [4.78, 5) is 24.8. The molecule has 0 spiro atoms. The topological polar surface area (TPSA) is 69.6 Å². The Hall–Kier alpha value is -2.04.